The highest BCUT2D eigenvalue weighted by Crippen LogP contribution is 1.95. The van der Waals surface area contributed by atoms with E-state index in [0.717, 1.165) is 12.0 Å². The highest BCUT2D eigenvalue weighted by Gasteiger charge is 1.98. The first-order valence-electron chi connectivity index (χ1n) is 5.34. The van der Waals surface area contributed by atoms with E-state index >= 15 is 0 Å². The Bertz CT molecular complexity index is 403. The van der Waals surface area contributed by atoms with Crippen LogP contribution in [0.2, 0.25) is 0 Å². The van der Waals surface area contributed by atoms with Gasteiger partial charge in [0, 0.05) is 11.9 Å². The number of aryl methyl sites for hydroxylation is 1. The second-order valence-electron chi connectivity index (χ2n) is 3.90. The SMILES string of the molecule is [B]c1ccc(C[B]c2ccc(C)cc2)nc1. The predicted octanol–water partition coefficient (Wildman–Crippen LogP) is 0.714. The van der Waals surface area contributed by atoms with Gasteiger partial charge in [-0.15, -0.1) is 0 Å². The van der Waals surface area contributed by atoms with Gasteiger partial charge < -0.3 is 0 Å². The van der Waals surface area contributed by atoms with Crippen molar-refractivity contribution in [2.75, 3.05) is 0 Å². The first-order chi connectivity index (χ1) is 7.74. The molecule has 0 amide bonds. The fourth-order valence-electron chi connectivity index (χ4n) is 1.48. The van der Waals surface area contributed by atoms with Crippen LogP contribution in [0.25, 0.3) is 0 Å². The molecule has 0 fully saturated rings. The molecule has 0 unspecified atom stereocenters. The van der Waals surface area contributed by atoms with Crippen LogP contribution in [0.5, 0.6) is 0 Å². The normalized spacial score (nSPS) is 10.1. The molecule has 75 valence electrons. The first kappa shape index (κ1) is 11.0. The van der Waals surface area contributed by atoms with Crippen molar-refractivity contribution in [1.82, 2.24) is 4.98 Å². The van der Waals surface area contributed by atoms with Crippen LogP contribution in [-0.4, -0.2) is 20.1 Å². The topological polar surface area (TPSA) is 12.9 Å². The smallest absolute Gasteiger partial charge is 0.158 e. The van der Waals surface area contributed by atoms with E-state index in [1.165, 1.54) is 11.0 Å². The number of pyridine rings is 1. The summed E-state index contributed by atoms with van der Waals surface area (Å²) in [6.07, 6.45) is 2.53. The molecule has 1 heterocycles. The van der Waals surface area contributed by atoms with Gasteiger partial charge in [-0.05, 0) is 19.3 Å². The number of nitrogens with zero attached hydrogens (tertiary/aromatic N) is 1. The van der Waals surface area contributed by atoms with Gasteiger partial charge >= 0.3 is 0 Å². The Labute approximate surface area is 98.6 Å². The number of hydrogen-bond acceptors (Lipinski definition) is 1. The number of rotatable bonds is 3. The third-order valence-electron chi connectivity index (χ3n) is 2.47. The molecule has 0 bridgehead atoms. The van der Waals surface area contributed by atoms with Gasteiger partial charge in [0.15, 0.2) is 7.28 Å². The second-order valence-corrected chi connectivity index (χ2v) is 3.90. The van der Waals surface area contributed by atoms with Crippen molar-refractivity contribution in [2.45, 2.75) is 13.2 Å². The molecular weight excluding hydrogens is 192 g/mol. The monoisotopic (exact) mass is 204 g/mol. The number of benzene rings is 1. The lowest BCUT2D eigenvalue weighted by Gasteiger charge is -2.01. The molecule has 16 heavy (non-hydrogen) atoms. The summed E-state index contributed by atoms with van der Waals surface area (Å²) >= 11 is 0. The highest BCUT2D eigenvalue weighted by atomic mass is 14.7. The molecule has 1 aromatic heterocycles. The molecule has 0 N–H and O–H groups in total. The highest BCUT2D eigenvalue weighted by molar-refractivity contribution is 6.52. The lowest BCUT2D eigenvalue weighted by molar-refractivity contribution is 1.17. The molecule has 0 saturated heterocycles. The molecule has 1 aromatic carbocycles. The maximum Gasteiger partial charge on any atom is 0.158 e. The van der Waals surface area contributed by atoms with Gasteiger partial charge in [-0.2, -0.15) is 0 Å². The summed E-state index contributed by atoms with van der Waals surface area (Å²) in [5.41, 5.74) is 4.25. The van der Waals surface area contributed by atoms with E-state index < -0.39 is 0 Å². The van der Waals surface area contributed by atoms with Crippen molar-refractivity contribution in [3.8, 4) is 0 Å². The summed E-state index contributed by atoms with van der Waals surface area (Å²) < 4.78 is 0. The van der Waals surface area contributed by atoms with Crippen LogP contribution >= 0.6 is 0 Å². The fraction of sp³-hybridized carbons (Fsp3) is 0.154. The Kier molecular flexibility index (Phi) is 3.45. The van der Waals surface area contributed by atoms with E-state index in [-0.39, 0.29) is 0 Å². The first-order valence-corrected chi connectivity index (χ1v) is 5.34. The Balaban J connectivity index is 1.97. The van der Waals surface area contributed by atoms with Crippen LogP contribution in [0.15, 0.2) is 42.6 Å². The molecule has 0 aliphatic heterocycles. The Morgan fingerprint density at radius 2 is 1.88 bits per heavy atom. The van der Waals surface area contributed by atoms with Crippen molar-refractivity contribution in [1.29, 1.82) is 0 Å². The molecule has 0 atom stereocenters. The molecule has 1 nitrogen and oxygen atoms in total. The summed E-state index contributed by atoms with van der Waals surface area (Å²) in [5, 5.41) is 0. The average Bonchev–Trinajstić information content (AvgIpc) is 2.30. The summed E-state index contributed by atoms with van der Waals surface area (Å²) in [5.74, 6) is 0. The molecule has 2 aromatic rings. The van der Waals surface area contributed by atoms with Crippen LogP contribution < -0.4 is 10.9 Å². The fourth-order valence-corrected chi connectivity index (χ4v) is 1.48. The Hall–Kier alpha value is -1.50. The van der Waals surface area contributed by atoms with E-state index in [1.54, 1.807) is 6.20 Å². The standard InChI is InChI=1S/C13H12B2N/c1-10-2-5-12(6-3-10)15-8-13-7-4-11(14)9-16-13/h2-7,9H,8H2,1H3. The van der Waals surface area contributed by atoms with E-state index in [9.17, 15) is 0 Å². The van der Waals surface area contributed by atoms with Gasteiger partial charge in [-0.3, -0.25) is 4.98 Å². The van der Waals surface area contributed by atoms with Gasteiger partial charge in [-0.25, -0.2) is 0 Å². The summed E-state index contributed by atoms with van der Waals surface area (Å²) in [7, 11) is 7.74. The second kappa shape index (κ2) is 5.02. The predicted molar refractivity (Wildman–Crippen MR) is 69.9 cm³/mol. The van der Waals surface area contributed by atoms with Crippen LogP contribution in [0.1, 0.15) is 11.3 Å². The largest absolute Gasteiger partial charge is 0.263 e. The molecule has 2 rings (SSSR count). The van der Waals surface area contributed by atoms with Gasteiger partial charge in [0.05, 0.1) is 0 Å². The Morgan fingerprint density at radius 3 is 2.50 bits per heavy atom. The molecule has 3 heteroatoms. The summed E-state index contributed by atoms with van der Waals surface area (Å²) in [4.78, 5) is 4.25. The molecular formula is C13H12B2N. The molecule has 0 spiro atoms. The third-order valence-corrected chi connectivity index (χ3v) is 2.47. The lowest BCUT2D eigenvalue weighted by atomic mass is 9.66. The van der Waals surface area contributed by atoms with E-state index in [1.807, 2.05) is 12.1 Å². The minimum absolute atomic E-state index is 0.707. The van der Waals surface area contributed by atoms with Crippen LogP contribution in [0.3, 0.4) is 0 Å². The van der Waals surface area contributed by atoms with Crippen LogP contribution in [0.4, 0.5) is 0 Å². The molecule has 0 aliphatic carbocycles. The van der Waals surface area contributed by atoms with Gasteiger partial charge in [0.2, 0.25) is 0 Å². The van der Waals surface area contributed by atoms with E-state index in [0.29, 0.717) is 5.46 Å². The van der Waals surface area contributed by atoms with Gasteiger partial charge in [-0.1, -0.05) is 46.8 Å². The maximum atomic E-state index is 5.58. The Morgan fingerprint density at radius 1 is 1.12 bits per heavy atom. The van der Waals surface area contributed by atoms with Gasteiger partial charge in [0.25, 0.3) is 0 Å². The molecule has 3 radical (unpaired) electrons. The third kappa shape index (κ3) is 2.99. The molecule has 0 aliphatic rings. The van der Waals surface area contributed by atoms with Crippen LogP contribution in [-0.2, 0) is 6.32 Å². The maximum absolute atomic E-state index is 5.58. The minimum Gasteiger partial charge on any atom is -0.263 e. The zero-order chi connectivity index (χ0) is 11.4. The number of hydrogen-bond donors (Lipinski definition) is 0. The number of aromatic nitrogens is 1. The van der Waals surface area contributed by atoms with Crippen LogP contribution in [0, 0.1) is 6.92 Å². The van der Waals surface area contributed by atoms with Crippen molar-refractivity contribution < 1.29 is 0 Å². The summed E-state index contributed by atoms with van der Waals surface area (Å²) in [6, 6.07) is 12.3. The minimum atomic E-state index is 0.707. The van der Waals surface area contributed by atoms with Gasteiger partial charge in [0.1, 0.15) is 7.85 Å². The van der Waals surface area contributed by atoms with Crippen molar-refractivity contribution >= 4 is 26.1 Å². The molecule has 0 saturated carbocycles. The van der Waals surface area contributed by atoms with E-state index in [4.69, 9.17) is 7.85 Å². The van der Waals surface area contributed by atoms with E-state index in [2.05, 4.69) is 43.5 Å². The zero-order valence-electron chi connectivity index (χ0n) is 9.35. The lowest BCUT2D eigenvalue weighted by Crippen LogP contribution is -2.17. The summed E-state index contributed by atoms with van der Waals surface area (Å²) in [6.45, 7) is 2.09. The average molecular weight is 204 g/mol. The zero-order valence-corrected chi connectivity index (χ0v) is 9.35. The van der Waals surface area contributed by atoms with Crippen molar-refractivity contribution in [3.63, 3.8) is 0 Å². The van der Waals surface area contributed by atoms with Crippen molar-refractivity contribution in [2.24, 2.45) is 0 Å². The van der Waals surface area contributed by atoms with Crippen molar-refractivity contribution in [3.05, 3.63) is 53.9 Å². The quantitative estimate of drug-likeness (QED) is 0.671.